The number of aliphatic hydroxyl groups excluding tert-OH is 7. The third-order valence-corrected chi connectivity index (χ3v) is 9.01. The molecule has 0 spiro atoms. The molecule has 2 aromatic carbocycles. The van der Waals surface area contributed by atoms with Crippen molar-refractivity contribution in [1.29, 1.82) is 0 Å². The number of benzene rings is 2. The van der Waals surface area contributed by atoms with Crippen LogP contribution in [0.25, 0.3) is 0 Å². The van der Waals surface area contributed by atoms with E-state index in [9.17, 15) is 48.2 Å². The summed E-state index contributed by atoms with van der Waals surface area (Å²) in [7, 11) is 0. The molecule has 11 atom stereocenters. The van der Waals surface area contributed by atoms with Crippen molar-refractivity contribution in [3.8, 4) is 0 Å². The van der Waals surface area contributed by atoms with Gasteiger partial charge in [0.2, 0.25) is 12.9 Å². The SMILES string of the molecule is CC[C@H]1NC[C@@H](O)[C@H](O)[C@H]1C(F)F.O[C@@H]1[C@@H]([C@H](O)c2ccccc2)CNC[C@H]1O.O[C@H]1[C@H](O)CN(Cc2ccccc2)C[C@@H]1C(F)F. The number of β-amino-alcohol motifs (C(OH)–C–C–N with tert-alkyl or cyclic N) is 3. The van der Waals surface area contributed by atoms with Gasteiger partial charge in [-0.1, -0.05) is 67.6 Å². The van der Waals surface area contributed by atoms with E-state index >= 15 is 0 Å². The largest absolute Gasteiger partial charge is 0.390 e. The molecule has 0 unspecified atom stereocenters. The summed E-state index contributed by atoms with van der Waals surface area (Å²) >= 11 is 0. The van der Waals surface area contributed by atoms with Crippen LogP contribution >= 0.6 is 0 Å². The molecule has 3 heterocycles. The van der Waals surface area contributed by atoms with Gasteiger partial charge in [-0.05, 0) is 17.5 Å². The van der Waals surface area contributed by atoms with Crippen molar-refractivity contribution in [2.45, 2.75) is 81.5 Å². The van der Waals surface area contributed by atoms with E-state index in [-0.39, 0.29) is 25.6 Å². The van der Waals surface area contributed by atoms with Crippen molar-refractivity contribution >= 4 is 0 Å². The minimum absolute atomic E-state index is 0.102. The summed E-state index contributed by atoms with van der Waals surface area (Å²) in [5.74, 6) is -2.71. The summed E-state index contributed by atoms with van der Waals surface area (Å²) < 4.78 is 50.5. The number of alkyl halides is 4. The quantitative estimate of drug-likeness (QED) is 0.191. The van der Waals surface area contributed by atoms with Crippen molar-refractivity contribution in [1.82, 2.24) is 15.5 Å². The molecule has 0 aliphatic carbocycles. The third-order valence-electron chi connectivity index (χ3n) is 9.01. The summed E-state index contributed by atoms with van der Waals surface area (Å²) in [5, 5.41) is 72.9. The maximum absolute atomic E-state index is 12.8. The molecule has 3 aliphatic rings. The van der Waals surface area contributed by atoms with E-state index < -0.39 is 73.5 Å². The zero-order valence-corrected chi connectivity index (χ0v) is 26.3. The van der Waals surface area contributed by atoms with Gasteiger partial charge < -0.3 is 46.4 Å². The van der Waals surface area contributed by atoms with Gasteiger partial charge in [-0.15, -0.1) is 0 Å². The molecule has 14 heteroatoms. The number of halogens is 4. The Morgan fingerprint density at radius 1 is 0.702 bits per heavy atom. The molecule has 3 fully saturated rings. The molecular formula is C33H49F4N3O7. The second-order valence-electron chi connectivity index (χ2n) is 12.4. The van der Waals surface area contributed by atoms with Crippen LogP contribution < -0.4 is 10.6 Å². The van der Waals surface area contributed by atoms with E-state index in [4.69, 9.17) is 5.11 Å². The Kier molecular flexibility index (Phi) is 15.9. The van der Waals surface area contributed by atoms with E-state index in [1.54, 1.807) is 11.8 Å². The summed E-state index contributed by atoms with van der Waals surface area (Å²) in [6.07, 6.45) is -12.0. The fourth-order valence-corrected chi connectivity index (χ4v) is 6.22. The highest BCUT2D eigenvalue weighted by molar-refractivity contribution is 5.19. The van der Waals surface area contributed by atoms with Gasteiger partial charge in [0.05, 0.1) is 54.6 Å². The Hall–Kier alpha value is -2.24. The lowest BCUT2D eigenvalue weighted by Gasteiger charge is -2.38. The van der Waals surface area contributed by atoms with Crippen molar-refractivity contribution in [3.63, 3.8) is 0 Å². The molecular weight excluding hydrogens is 626 g/mol. The average Bonchev–Trinajstić information content (AvgIpc) is 3.06. The summed E-state index contributed by atoms with van der Waals surface area (Å²) in [4.78, 5) is 1.75. The van der Waals surface area contributed by atoms with E-state index in [2.05, 4.69) is 10.6 Å². The number of aliphatic hydroxyl groups is 7. The van der Waals surface area contributed by atoms with Gasteiger partial charge in [0.25, 0.3) is 0 Å². The fraction of sp³-hybridized carbons (Fsp3) is 0.636. The highest BCUT2D eigenvalue weighted by atomic mass is 19.3. The minimum Gasteiger partial charge on any atom is -0.390 e. The molecule has 47 heavy (non-hydrogen) atoms. The van der Waals surface area contributed by atoms with Gasteiger partial charge in [-0.3, -0.25) is 4.90 Å². The van der Waals surface area contributed by atoms with Crippen LogP contribution in [0.1, 0.15) is 30.6 Å². The minimum atomic E-state index is -2.62. The second-order valence-corrected chi connectivity index (χ2v) is 12.4. The van der Waals surface area contributed by atoms with E-state index in [0.717, 1.165) is 11.1 Å². The second kappa shape index (κ2) is 19.1. The molecule has 5 rings (SSSR count). The molecule has 266 valence electrons. The summed E-state index contributed by atoms with van der Waals surface area (Å²) in [6, 6.07) is 18.3. The van der Waals surface area contributed by atoms with Crippen molar-refractivity contribution in [2.24, 2.45) is 17.8 Å². The molecule has 9 N–H and O–H groups in total. The summed E-state index contributed by atoms with van der Waals surface area (Å²) in [6.45, 7) is 3.67. The maximum atomic E-state index is 12.8. The predicted molar refractivity (Wildman–Crippen MR) is 167 cm³/mol. The smallest absolute Gasteiger partial charge is 0.245 e. The topological polar surface area (TPSA) is 169 Å². The Morgan fingerprint density at radius 3 is 1.85 bits per heavy atom. The zero-order valence-electron chi connectivity index (χ0n) is 26.3. The van der Waals surface area contributed by atoms with Crippen LogP contribution in [0.15, 0.2) is 60.7 Å². The number of nitrogens with zero attached hydrogens (tertiary/aromatic N) is 1. The highest BCUT2D eigenvalue weighted by Crippen LogP contribution is 2.28. The first-order valence-electron chi connectivity index (χ1n) is 15.9. The molecule has 3 saturated heterocycles. The van der Waals surface area contributed by atoms with Crippen LogP contribution in [0.2, 0.25) is 0 Å². The lowest BCUT2D eigenvalue weighted by Crippen LogP contribution is -2.58. The van der Waals surface area contributed by atoms with Gasteiger partial charge in [0.1, 0.15) is 0 Å². The standard InChI is InChI=1S/C13H17F2NO2.C12H17NO3.C8H15F2NO2/c14-13(15)10-7-16(8-11(17)12(10)18)6-9-4-2-1-3-5-9;14-10-7-13-6-9(12(10)16)11(15)8-4-2-1-3-5-8;1-2-4-6(8(9)10)7(13)5(12)3-11-4/h1-5,10-13,17-18H,6-8H2;1-5,9-16H,6-7H2;4-8,11-13H,2-3H2,1H3/t10-,11+,12+;9-,10-,11-,12-;4-,5-,6+,7+/m011/s1. The zero-order chi connectivity index (χ0) is 34.7. The molecule has 0 saturated carbocycles. The normalized spacial score (nSPS) is 33.7. The van der Waals surface area contributed by atoms with Crippen LogP contribution in [-0.4, -0.2) is 129 Å². The number of likely N-dealkylation sites (tertiary alicyclic amines) is 1. The number of rotatable bonds is 7. The number of piperidine rings is 3. The van der Waals surface area contributed by atoms with Gasteiger partial charge in [-0.25, -0.2) is 17.6 Å². The van der Waals surface area contributed by atoms with Crippen molar-refractivity contribution < 1.29 is 53.3 Å². The van der Waals surface area contributed by atoms with Gasteiger partial charge >= 0.3 is 0 Å². The monoisotopic (exact) mass is 675 g/mol. The Balaban J connectivity index is 0.000000194. The Labute approximate surface area is 272 Å². The number of hydrogen-bond donors (Lipinski definition) is 9. The number of hydrogen-bond acceptors (Lipinski definition) is 10. The Morgan fingerprint density at radius 2 is 1.28 bits per heavy atom. The van der Waals surface area contributed by atoms with Crippen molar-refractivity contribution in [2.75, 3.05) is 32.7 Å². The molecule has 2 aromatic rings. The van der Waals surface area contributed by atoms with Gasteiger partial charge in [0.15, 0.2) is 0 Å². The van der Waals surface area contributed by atoms with E-state index in [1.165, 1.54) is 0 Å². The lowest BCUT2D eigenvalue weighted by atomic mass is 9.85. The molecule has 0 aromatic heterocycles. The molecule has 0 bridgehead atoms. The lowest BCUT2D eigenvalue weighted by molar-refractivity contribution is -0.118. The highest BCUT2D eigenvalue weighted by Gasteiger charge is 2.42. The first-order valence-corrected chi connectivity index (χ1v) is 15.9. The fourth-order valence-electron chi connectivity index (χ4n) is 6.22. The van der Waals surface area contributed by atoms with Crippen LogP contribution in [0.3, 0.4) is 0 Å². The Bertz CT molecular complexity index is 1140. The van der Waals surface area contributed by atoms with Crippen LogP contribution in [0, 0.1) is 17.8 Å². The first-order chi connectivity index (χ1) is 22.3. The first kappa shape index (κ1) is 39.2. The molecule has 3 aliphatic heterocycles. The van der Waals surface area contributed by atoms with Crippen LogP contribution in [-0.2, 0) is 6.54 Å². The van der Waals surface area contributed by atoms with E-state index in [0.29, 0.717) is 26.1 Å². The van der Waals surface area contributed by atoms with Gasteiger partial charge in [0, 0.05) is 51.2 Å². The maximum Gasteiger partial charge on any atom is 0.245 e. The molecule has 0 radical (unpaired) electrons. The van der Waals surface area contributed by atoms with Gasteiger partial charge in [-0.2, -0.15) is 0 Å². The van der Waals surface area contributed by atoms with Crippen molar-refractivity contribution in [3.05, 3.63) is 71.8 Å². The third kappa shape index (κ3) is 11.1. The van der Waals surface area contributed by atoms with E-state index in [1.807, 2.05) is 60.7 Å². The number of nitrogens with one attached hydrogen (secondary N) is 2. The average molecular weight is 676 g/mol. The molecule has 0 amide bonds. The van der Waals surface area contributed by atoms with Crippen LogP contribution in [0.5, 0.6) is 0 Å². The predicted octanol–water partition coefficient (Wildman–Crippen LogP) is 0.738. The molecule has 10 nitrogen and oxygen atoms in total. The summed E-state index contributed by atoms with van der Waals surface area (Å²) in [5.41, 5.74) is 1.77. The van der Waals surface area contributed by atoms with Crippen LogP contribution in [0.4, 0.5) is 17.6 Å².